The Hall–Kier alpha value is -1.51. The Morgan fingerprint density at radius 2 is 2.05 bits per heavy atom. The van der Waals surface area contributed by atoms with Gasteiger partial charge in [-0.25, -0.2) is 13.2 Å². The number of benzene rings is 1. The van der Waals surface area contributed by atoms with Crippen LogP contribution in [0.1, 0.15) is 16.3 Å². The number of nitrogens with one attached hydrogen (secondary N) is 1. The Kier molecular flexibility index (Phi) is 4.31. The summed E-state index contributed by atoms with van der Waals surface area (Å²) in [5, 5.41) is 9.25. The number of hydrogen-bond donors (Lipinski definition) is 2. The van der Waals surface area contributed by atoms with Crippen molar-refractivity contribution in [2.24, 2.45) is 0 Å². The van der Waals surface area contributed by atoms with E-state index in [1.54, 1.807) is 0 Å². The van der Waals surface area contributed by atoms with E-state index in [0.717, 1.165) is 6.07 Å². The fraction of sp³-hybridized carbons (Fsp3) is 0.0833. The van der Waals surface area contributed by atoms with Crippen molar-refractivity contribution in [3.05, 3.63) is 45.3 Å². The lowest BCUT2D eigenvalue weighted by Crippen LogP contribution is -2.13. The summed E-state index contributed by atoms with van der Waals surface area (Å²) in [6.07, 6.45) is 0. The third kappa shape index (κ3) is 3.39. The molecule has 0 radical (unpaired) electrons. The fourth-order valence-corrected chi connectivity index (χ4v) is 3.33. The van der Waals surface area contributed by atoms with Crippen molar-refractivity contribution in [2.75, 3.05) is 4.72 Å². The molecule has 0 aliphatic heterocycles. The molecule has 1 aromatic heterocycles. The Labute approximate surface area is 133 Å². The molecule has 0 spiro atoms. The third-order valence-corrected chi connectivity index (χ3v) is 5.25. The second-order valence-electron chi connectivity index (χ2n) is 4.07. The monoisotopic (exact) mass is 393 g/mol. The number of aryl methyl sites for hydroxylation is 1. The standard InChI is InChI=1S/C12H9BrClNO5S/c1-6-11(5-10(20-6)12(16)17)21(18,19)15-7-2-3-9(14)8(13)4-7/h2-5,15H,1H3,(H,16,17). The van der Waals surface area contributed by atoms with Crippen LogP contribution in [0.2, 0.25) is 5.02 Å². The number of hydrogen-bond acceptors (Lipinski definition) is 4. The number of rotatable bonds is 4. The van der Waals surface area contributed by atoms with E-state index in [-0.39, 0.29) is 16.3 Å². The minimum Gasteiger partial charge on any atom is -0.475 e. The van der Waals surface area contributed by atoms with Gasteiger partial charge in [-0.2, -0.15) is 0 Å². The molecule has 2 N–H and O–H groups in total. The molecular weight excluding hydrogens is 386 g/mol. The van der Waals surface area contributed by atoms with Gasteiger partial charge >= 0.3 is 5.97 Å². The van der Waals surface area contributed by atoms with Gasteiger partial charge in [0.05, 0.1) is 10.7 Å². The molecule has 0 amide bonds. The Balaban J connectivity index is 2.38. The van der Waals surface area contributed by atoms with Crippen LogP contribution in [0, 0.1) is 6.92 Å². The van der Waals surface area contributed by atoms with Crippen molar-refractivity contribution in [2.45, 2.75) is 11.8 Å². The average molecular weight is 395 g/mol. The molecule has 0 aliphatic carbocycles. The van der Waals surface area contributed by atoms with Crippen molar-refractivity contribution in [3.8, 4) is 0 Å². The van der Waals surface area contributed by atoms with E-state index < -0.39 is 21.8 Å². The number of carboxylic acid groups (broad SMARTS) is 1. The summed E-state index contributed by atoms with van der Waals surface area (Å²) in [6, 6.07) is 5.46. The lowest BCUT2D eigenvalue weighted by molar-refractivity contribution is 0.0661. The molecule has 21 heavy (non-hydrogen) atoms. The first-order valence-corrected chi connectivity index (χ1v) is 8.18. The molecule has 0 saturated heterocycles. The zero-order valence-corrected chi connectivity index (χ0v) is 13.7. The van der Waals surface area contributed by atoms with E-state index in [1.165, 1.54) is 25.1 Å². The molecule has 0 atom stereocenters. The summed E-state index contributed by atoms with van der Waals surface area (Å²) in [4.78, 5) is 10.6. The maximum Gasteiger partial charge on any atom is 0.371 e. The van der Waals surface area contributed by atoms with Gasteiger partial charge in [0.1, 0.15) is 10.7 Å². The third-order valence-electron chi connectivity index (χ3n) is 2.54. The molecule has 1 heterocycles. The summed E-state index contributed by atoms with van der Waals surface area (Å²) < 4.78 is 32.2. The molecule has 2 aromatic rings. The highest BCUT2D eigenvalue weighted by atomic mass is 79.9. The van der Waals surface area contributed by atoms with E-state index in [4.69, 9.17) is 21.1 Å². The fourth-order valence-electron chi connectivity index (χ4n) is 1.61. The second-order valence-corrected chi connectivity index (χ2v) is 6.98. The quantitative estimate of drug-likeness (QED) is 0.827. The van der Waals surface area contributed by atoms with Gasteiger partial charge in [0.15, 0.2) is 0 Å². The number of furan rings is 1. The van der Waals surface area contributed by atoms with Crippen molar-refractivity contribution < 1.29 is 22.7 Å². The maximum absolute atomic E-state index is 12.2. The van der Waals surface area contributed by atoms with Gasteiger partial charge in [0.2, 0.25) is 5.76 Å². The molecule has 6 nitrogen and oxygen atoms in total. The number of halogens is 2. The van der Waals surface area contributed by atoms with Crippen LogP contribution < -0.4 is 4.72 Å². The number of aromatic carboxylic acids is 1. The van der Waals surface area contributed by atoms with Crippen molar-refractivity contribution in [1.82, 2.24) is 0 Å². The Bertz CT molecular complexity index is 815. The Morgan fingerprint density at radius 3 is 2.57 bits per heavy atom. The molecule has 2 rings (SSSR count). The van der Waals surface area contributed by atoms with Gasteiger partial charge in [-0.3, -0.25) is 4.72 Å². The highest BCUT2D eigenvalue weighted by Crippen LogP contribution is 2.28. The molecule has 0 unspecified atom stereocenters. The van der Waals surface area contributed by atoms with Gasteiger partial charge in [-0.1, -0.05) is 11.6 Å². The van der Waals surface area contributed by atoms with E-state index >= 15 is 0 Å². The van der Waals surface area contributed by atoms with E-state index in [0.29, 0.717) is 9.50 Å². The lowest BCUT2D eigenvalue weighted by atomic mass is 10.3. The molecule has 9 heteroatoms. The van der Waals surface area contributed by atoms with Gasteiger partial charge < -0.3 is 9.52 Å². The van der Waals surface area contributed by atoms with Crippen LogP contribution in [0.3, 0.4) is 0 Å². The molecule has 0 bridgehead atoms. The van der Waals surface area contributed by atoms with Crippen LogP contribution in [0.4, 0.5) is 5.69 Å². The number of carboxylic acids is 1. The highest BCUT2D eigenvalue weighted by Gasteiger charge is 2.24. The smallest absolute Gasteiger partial charge is 0.371 e. The topological polar surface area (TPSA) is 96.6 Å². The first kappa shape index (κ1) is 15.9. The number of carbonyl (C=O) groups is 1. The summed E-state index contributed by atoms with van der Waals surface area (Å²) in [5.74, 6) is -1.79. The van der Waals surface area contributed by atoms with E-state index in [1.807, 2.05) is 0 Å². The number of anilines is 1. The van der Waals surface area contributed by atoms with Gasteiger partial charge in [0, 0.05) is 10.5 Å². The average Bonchev–Trinajstić information content (AvgIpc) is 2.77. The van der Waals surface area contributed by atoms with Crippen molar-refractivity contribution in [3.63, 3.8) is 0 Å². The number of sulfonamides is 1. The van der Waals surface area contributed by atoms with Crippen molar-refractivity contribution in [1.29, 1.82) is 0 Å². The minimum absolute atomic E-state index is 0.00655. The van der Waals surface area contributed by atoms with E-state index in [9.17, 15) is 13.2 Å². The predicted octanol–water partition coefficient (Wildman–Crippen LogP) is 3.50. The van der Waals surface area contributed by atoms with Crippen LogP contribution >= 0.6 is 27.5 Å². The largest absolute Gasteiger partial charge is 0.475 e. The Morgan fingerprint density at radius 1 is 1.38 bits per heavy atom. The summed E-state index contributed by atoms with van der Waals surface area (Å²) in [7, 11) is -3.96. The molecule has 0 aliphatic rings. The van der Waals surface area contributed by atoms with E-state index in [2.05, 4.69) is 20.7 Å². The van der Waals surface area contributed by atoms with Crippen LogP contribution in [-0.2, 0) is 10.0 Å². The maximum atomic E-state index is 12.2. The molecule has 1 aromatic carbocycles. The zero-order chi connectivity index (χ0) is 15.8. The van der Waals surface area contributed by atoms with Crippen molar-refractivity contribution >= 4 is 49.2 Å². The van der Waals surface area contributed by atoms with Crippen LogP contribution in [0.5, 0.6) is 0 Å². The summed E-state index contributed by atoms with van der Waals surface area (Å²) in [6.45, 7) is 1.37. The molecule has 0 saturated carbocycles. The lowest BCUT2D eigenvalue weighted by Gasteiger charge is -2.07. The summed E-state index contributed by atoms with van der Waals surface area (Å²) >= 11 is 9.01. The minimum atomic E-state index is -3.96. The SMILES string of the molecule is Cc1oc(C(=O)O)cc1S(=O)(=O)Nc1ccc(Cl)c(Br)c1. The predicted molar refractivity (Wildman–Crippen MR) is 80.4 cm³/mol. The van der Waals surface area contributed by atoms with Crippen LogP contribution in [0.15, 0.2) is 38.1 Å². The molecule has 112 valence electrons. The zero-order valence-electron chi connectivity index (χ0n) is 10.6. The normalized spacial score (nSPS) is 11.4. The van der Waals surface area contributed by atoms with Crippen LogP contribution in [-0.4, -0.2) is 19.5 Å². The van der Waals surface area contributed by atoms with Crippen LogP contribution in [0.25, 0.3) is 0 Å². The summed E-state index contributed by atoms with van der Waals surface area (Å²) in [5.41, 5.74) is 0.281. The molecule has 0 fully saturated rings. The van der Waals surface area contributed by atoms with Gasteiger partial charge in [0.25, 0.3) is 10.0 Å². The second kappa shape index (κ2) is 5.70. The first-order chi connectivity index (χ1) is 9.70. The van der Waals surface area contributed by atoms with Gasteiger partial charge in [-0.05, 0) is 41.1 Å². The first-order valence-electron chi connectivity index (χ1n) is 5.52. The molecular formula is C12H9BrClNO5S. The van der Waals surface area contributed by atoms with Gasteiger partial charge in [-0.15, -0.1) is 0 Å². The highest BCUT2D eigenvalue weighted by molar-refractivity contribution is 9.10.